The Morgan fingerprint density at radius 3 is 2.54 bits per heavy atom. The normalized spacial score (nSPS) is 38.7. The zero-order valence-corrected chi connectivity index (χ0v) is 8.04. The molecular formula is C7H11NO4S. The Morgan fingerprint density at radius 2 is 2.23 bits per heavy atom. The number of hydrogen-bond acceptors (Lipinski definition) is 3. The van der Waals surface area contributed by atoms with Gasteiger partial charge in [0.25, 0.3) is 0 Å². The van der Waals surface area contributed by atoms with E-state index in [-0.39, 0.29) is 12.5 Å². The second kappa shape index (κ2) is 2.24. The van der Waals surface area contributed by atoms with E-state index in [0.29, 0.717) is 13.0 Å². The second-order valence-corrected chi connectivity index (χ2v) is 5.90. The lowest BCUT2D eigenvalue weighted by atomic mass is 10.1. The number of sulfonamides is 1. The fourth-order valence-electron chi connectivity index (χ4n) is 2.02. The van der Waals surface area contributed by atoms with Crippen molar-refractivity contribution in [3.8, 4) is 0 Å². The molecule has 1 saturated heterocycles. The van der Waals surface area contributed by atoms with Crippen LogP contribution in [-0.4, -0.2) is 43.1 Å². The number of carbonyl (C=O) groups is 1. The van der Waals surface area contributed by atoms with Crippen molar-refractivity contribution < 1.29 is 18.3 Å². The number of carboxylic acid groups (broad SMARTS) is 1. The van der Waals surface area contributed by atoms with Crippen LogP contribution in [0.3, 0.4) is 0 Å². The number of piperidine rings is 1. The van der Waals surface area contributed by atoms with Crippen LogP contribution in [0.15, 0.2) is 0 Å². The van der Waals surface area contributed by atoms with Gasteiger partial charge in [-0.15, -0.1) is 0 Å². The number of aliphatic carboxylic acids is 1. The number of hydrogen-bond donors (Lipinski definition) is 1. The molecule has 0 unspecified atom stereocenters. The monoisotopic (exact) mass is 205 g/mol. The second-order valence-electron chi connectivity index (χ2n) is 3.92. The number of fused-ring (bicyclic) bond motifs is 1. The minimum Gasteiger partial charge on any atom is -0.481 e. The molecule has 2 atom stereocenters. The van der Waals surface area contributed by atoms with Gasteiger partial charge in [0.1, 0.15) is 0 Å². The highest BCUT2D eigenvalue weighted by atomic mass is 32.2. The van der Waals surface area contributed by atoms with Crippen LogP contribution < -0.4 is 0 Å². The largest absolute Gasteiger partial charge is 0.481 e. The summed E-state index contributed by atoms with van der Waals surface area (Å²) in [5, 5.41) is 8.88. The molecule has 13 heavy (non-hydrogen) atoms. The fraction of sp³-hybridized carbons (Fsp3) is 0.857. The van der Waals surface area contributed by atoms with Gasteiger partial charge in [-0.2, -0.15) is 0 Å². The van der Waals surface area contributed by atoms with E-state index in [4.69, 9.17) is 5.11 Å². The van der Waals surface area contributed by atoms with Gasteiger partial charge in [0.15, 0.2) is 0 Å². The molecule has 1 aliphatic carbocycles. The molecule has 0 aromatic rings. The summed E-state index contributed by atoms with van der Waals surface area (Å²) in [5.41, 5.74) is -0.747. The Morgan fingerprint density at radius 1 is 1.62 bits per heavy atom. The summed E-state index contributed by atoms with van der Waals surface area (Å²) in [5.74, 6) is -0.816. The summed E-state index contributed by atoms with van der Waals surface area (Å²) in [4.78, 5) is 10.8. The molecule has 2 aliphatic rings. The van der Waals surface area contributed by atoms with Gasteiger partial charge in [-0.05, 0) is 12.3 Å². The standard InChI is InChI=1S/C7H11NO4S/c1-13(11,12)8-3-5-2-7(5,4-8)6(9)10/h5H,2-4H2,1H3,(H,9,10)/t5-,7-/m0/s1. The van der Waals surface area contributed by atoms with E-state index in [1.54, 1.807) is 0 Å². The van der Waals surface area contributed by atoms with E-state index in [1.165, 1.54) is 4.31 Å². The minimum absolute atomic E-state index is 0.0414. The molecule has 74 valence electrons. The molecule has 5 nitrogen and oxygen atoms in total. The number of carboxylic acids is 1. The Kier molecular flexibility index (Phi) is 1.55. The first-order valence-corrected chi connectivity index (χ1v) is 5.89. The molecule has 0 aromatic heterocycles. The number of nitrogens with zero attached hydrogens (tertiary/aromatic N) is 1. The van der Waals surface area contributed by atoms with Gasteiger partial charge in [0.05, 0.1) is 11.7 Å². The maximum absolute atomic E-state index is 11.1. The van der Waals surface area contributed by atoms with E-state index in [9.17, 15) is 13.2 Å². The average molecular weight is 205 g/mol. The molecule has 1 N–H and O–H groups in total. The van der Waals surface area contributed by atoms with Crippen molar-refractivity contribution in [2.45, 2.75) is 6.42 Å². The highest BCUT2D eigenvalue weighted by Gasteiger charge is 2.66. The molecule has 0 aromatic carbocycles. The maximum Gasteiger partial charge on any atom is 0.311 e. The average Bonchev–Trinajstić information content (AvgIpc) is 2.53. The molecule has 0 bridgehead atoms. The summed E-state index contributed by atoms with van der Waals surface area (Å²) >= 11 is 0. The molecule has 0 amide bonds. The van der Waals surface area contributed by atoms with Gasteiger partial charge in [-0.3, -0.25) is 4.79 Å². The topological polar surface area (TPSA) is 74.7 Å². The van der Waals surface area contributed by atoms with Crippen LogP contribution in [0.4, 0.5) is 0 Å². The van der Waals surface area contributed by atoms with Crippen molar-refractivity contribution in [3.63, 3.8) is 0 Å². The van der Waals surface area contributed by atoms with Gasteiger partial charge in [-0.1, -0.05) is 0 Å². The van der Waals surface area contributed by atoms with E-state index in [1.807, 2.05) is 0 Å². The van der Waals surface area contributed by atoms with E-state index in [0.717, 1.165) is 6.26 Å². The van der Waals surface area contributed by atoms with Crippen LogP contribution in [0.5, 0.6) is 0 Å². The molecule has 0 radical (unpaired) electrons. The van der Waals surface area contributed by atoms with Crippen LogP contribution in [0.2, 0.25) is 0 Å². The van der Waals surface area contributed by atoms with Crippen molar-refractivity contribution in [2.24, 2.45) is 11.3 Å². The molecule has 6 heteroatoms. The predicted molar refractivity (Wildman–Crippen MR) is 44.6 cm³/mol. The van der Waals surface area contributed by atoms with Crippen LogP contribution in [0.1, 0.15) is 6.42 Å². The predicted octanol–water partition coefficient (Wildman–Crippen LogP) is -0.648. The summed E-state index contributed by atoms with van der Waals surface area (Å²) in [6, 6.07) is 0. The molecular weight excluding hydrogens is 194 g/mol. The highest BCUT2D eigenvalue weighted by Crippen LogP contribution is 2.58. The van der Waals surface area contributed by atoms with Crippen molar-refractivity contribution in [2.75, 3.05) is 19.3 Å². The van der Waals surface area contributed by atoms with E-state index < -0.39 is 21.4 Å². The first-order chi connectivity index (χ1) is 5.86. The van der Waals surface area contributed by atoms with Crippen LogP contribution in [0.25, 0.3) is 0 Å². The Balaban J connectivity index is 2.18. The quantitative estimate of drug-likeness (QED) is 0.650. The third-order valence-electron chi connectivity index (χ3n) is 3.01. The zero-order valence-electron chi connectivity index (χ0n) is 7.23. The highest BCUT2D eigenvalue weighted by molar-refractivity contribution is 7.88. The Bertz CT molecular complexity index is 363. The molecule has 2 fully saturated rings. The number of rotatable bonds is 2. The lowest BCUT2D eigenvalue weighted by molar-refractivity contribution is -0.143. The van der Waals surface area contributed by atoms with Crippen LogP contribution in [0, 0.1) is 11.3 Å². The third-order valence-corrected chi connectivity index (χ3v) is 4.23. The van der Waals surface area contributed by atoms with Gasteiger partial charge in [0, 0.05) is 13.1 Å². The third kappa shape index (κ3) is 1.16. The summed E-state index contributed by atoms with van der Waals surface area (Å²) < 4.78 is 23.5. The van der Waals surface area contributed by atoms with Crippen molar-refractivity contribution in [1.29, 1.82) is 0 Å². The Labute approximate surface area is 76.4 Å². The first kappa shape index (κ1) is 8.96. The van der Waals surface area contributed by atoms with E-state index >= 15 is 0 Å². The Hall–Kier alpha value is -0.620. The lowest BCUT2D eigenvalue weighted by Gasteiger charge is -2.15. The van der Waals surface area contributed by atoms with Gasteiger partial charge in [-0.25, -0.2) is 12.7 Å². The fourth-order valence-corrected chi connectivity index (χ4v) is 2.94. The SMILES string of the molecule is CS(=O)(=O)N1C[C@@H]2C[C@]2(C(=O)O)C1. The van der Waals surface area contributed by atoms with Crippen LogP contribution >= 0.6 is 0 Å². The van der Waals surface area contributed by atoms with E-state index in [2.05, 4.69) is 0 Å². The molecule has 1 heterocycles. The smallest absolute Gasteiger partial charge is 0.311 e. The van der Waals surface area contributed by atoms with Crippen molar-refractivity contribution in [3.05, 3.63) is 0 Å². The van der Waals surface area contributed by atoms with Crippen molar-refractivity contribution in [1.82, 2.24) is 4.31 Å². The summed E-state index contributed by atoms with van der Waals surface area (Å²) in [6.45, 7) is 0.539. The van der Waals surface area contributed by atoms with Crippen molar-refractivity contribution >= 4 is 16.0 Å². The maximum atomic E-state index is 11.1. The van der Waals surface area contributed by atoms with Crippen LogP contribution in [-0.2, 0) is 14.8 Å². The molecule has 0 spiro atoms. The summed E-state index contributed by atoms with van der Waals surface area (Å²) in [7, 11) is -3.21. The minimum atomic E-state index is -3.21. The zero-order chi connectivity index (χ0) is 9.85. The van der Waals surface area contributed by atoms with Gasteiger partial charge >= 0.3 is 5.97 Å². The molecule has 1 aliphatic heterocycles. The first-order valence-electron chi connectivity index (χ1n) is 4.05. The lowest BCUT2D eigenvalue weighted by Crippen LogP contribution is -2.32. The van der Waals surface area contributed by atoms with Gasteiger partial charge in [0.2, 0.25) is 10.0 Å². The summed E-state index contributed by atoms with van der Waals surface area (Å²) in [6.07, 6.45) is 1.75. The molecule has 1 saturated carbocycles. The molecule has 2 rings (SSSR count). The van der Waals surface area contributed by atoms with Gasteiger partial charge < -0.3 is 5.11 Å².